The maximum atomic E-state index is 5.61. The molecular weight excluding hydrogens is 280 g/mol. The standard InChI is InChI=1S/C17H24N2OS/c1-11-8-9-20-15(11)16-19-14-12(10-18-17(2,3)4)6-5-7-13(14)21-16/h8-9,12,18H,5-7,10H2,1-4H3. The summed E-state index contributed by atoms with van der Waals surface area (Å²) in [6.45, 7) is 9.74. The van der Waals surface area contributed by atoms with Crippen LogP contribution in [0.25, 0.3) is 10.8 Å². The van der Waals surface area contributed by atoms with Crippen LogP contribution in [0.5, 0.6) is 0 Å². The Labute approximate surface area is 130 Å². The van der Waals surface area contributed by atoms with Crippen molar-refractivity contribution in [2.75, 3.05) is 6.54 Å². The van der Waals surface area contributed by atoms with Gasteiger partial charge in [0.15, 0.2) is 10.8 Å². The van der Waals surface area contributed by atoms with Crippen molar-refractivity contribution in [1.29, 1.82) is 0 Å². The number of nitrogens with zero attached hydrogens (tertiary/aromatic N) is 1. The number of fused-ring (bicyclic) bond motifs is 1. The summed E-state index contributed by atoms with van der Waals surface area (Å²) in [4.78, 5) is 6.37. The van der Waals surface area contributed by atoms with E-state index in [-0.39, 0.29) is 5.54 Å². The first kappa shape index (κ1) is 14.8. The molecule has 4 heteroatoms. The third kappa shape index (κ3) is 3.22. The van der Waals surface area contributed by atoms with Gasteiger partial charge >= 0.3 is 0 Å². The van der Waals surface area contributed by atoms with Gasteiger partial charge < -0.3 is 9.73 Å². The number of nitrogens with one attached hydrogen (secondary N) is 1. The lowest BCUT2D eigenvalue weighted by Gasteiger charge is -2.27. The highest BCUT2D eigenvalue weighted by molar-refractivity contribution is 7.15. The average Bonchev–Trinajstić information content (AvgIpc) is 3.00. The second-order valence-corrected chi connectivity index (χ2v) is 8.06. The number of hydrogen-bond acceptors (Lipinski definition) is 4. The molecule has 1 aliphatic rings. The molecule has 0 saturated carbocycles. The second-order valence-electron chi connectivity index (χ2n) is 6.98. The fourth-order valence-corrected chi connectivity index (χ4v) is 4.07. The van der Waals surface area contributed by atoms with E-state index in [2.05, 4.69) is 33.0 Å². The third-order valence-corrected chi connectivity index (χ3v) is 5.14. The largest absolute Gasteiger partial charge is 0.462 e. The minimum absolute atomic E-state index is 0.161. The smallest absolute Gasteiger partial charge is 0.165 e. The Balaban J connectivity index is 1.85. The molecule has 0 amide bonds. The third-order valence-electron chi connectivity index (χ3n) is 4.01. The zero-order chi connectivity index (χ0) is 15.0. The average molecular weight is 304 g/mol. The van der Waals surface area contributed by atoms with Crippen LogP contribution < -0.4 is 5.32 Å². The van der Waals surface area contributed by atoms with Crippen molar-refractivity contribution in [3.8, 4) is 10.8 Å². The Morgan fingerprint density at radius 1 is 1.43 bits per heavy atom. The fraction of sp³-hybridized carbons (Fsp3) is 0.588. The maximum Gasteiger partial charge on any atom is 0.165 e. The molecule has 0 fully saturated rings. The first-order valence-electron chi connectivity index (χ1n) is 7.73. The van der Waals surface area contributed by atoms with Crippen molar-refractivity contribution in [2.45, 2.75) is 58.4 Å². The van der Waals surface area contributed by atoms with Crippen LogP contribution in [-0.4, -0.2) is 17.1 Å². The molecule has 2 heterocycles. The molecule has 114 valence electrons. The number of thiazole rings is 1. The highest BCUT2D eigenvalue weighted by Crippen LogP contribution is 2.39. The second kappa shape index (κ2) is 5.58. The molecule has 0 spiro atoms. The molecule has 0 aliphatic heterocycles. The van der Waals surface area contributed by atoms with Crippen LogP contribution >= 0.6 is 11.3 Å². The van der Waals surface area contributed by atoms with Gasteiger partial charge in [-0.15, -0.1) is 11.3 Å². The zero-order valence-electron chi connectivity index (χ0n) is 13.3. The molecule has 3 nitrogen and oxygen atoms in total. The zero-order valence-corrected chi connectivity index (χ0v) is 14.1. The number of aryl methyl sites for hydroxylation is 2. The van der Waals surface area contributed by atoms with E-state index in [0.717, 1.165) is 17.3 Å². The number of aromatic nitrogens is 1. The molecule has 0 aromatic carbocycles. The van der Waals surface area contributed by atoms with Crippen molar-refractivity contribution in [2.24, 2.45) is 0 Å². The molecular formula is C17H24N2OS. The number of hydrogen-bond donors (Lipinski definition) is 1. The number of rotatable bonds is 3. The van der Waals surface area contributed by atoms with Crippen LogP contribution in [0.4, 0.5) is 0 Å². The molecule has 2 aromatic heterocycles. The normalized spacial score (nSPS) is 18.8. The van der Waals surface area contributed by atoms with Crippen molar-refractivity contribution in [3.05, 3.63) is 28.5 Å². The molecule has 21 heavy (non-hydrogen) atoms. The van der Waals surface area contributed by atoms with Gasteiger partial charge in [-0.2, -0.15) is 0 Å². The minimum Gasteiger partial charge on any atom is -0.462 e. The summed E-state index contributed by atoms with van der Waals surface area (Å²) in [6.07, 6.45) is 5.42. The van der Waals surface area contributed by atoms with Gasteiger partial charge in [-0.1, -0.05) is 0 Å². The van der Waals surface area contributed by atoms with Gasteiger partial charge in [-0.25, -0.2) is 4.98 Å². The van der Waals surface area contributed by atoms with E-state index in [1.165, 1.54) is 35.4 Å². The van der Waals surface area contributed by atoms with Gasteiger partial charge in [-0.3, -0.25) is 0 Å². The van der Waals surface area contributed by atoms with E-state index in [1.807, 2.05) is 17.4 Å². The predicted molar refractivity (Wildman–Crippen MR) is 88.0 cm³/mol. The molecule has 1 atom stereocenters. The fourth-order valence-electron chi connectivity index (χ4n) is 2.82. The Morgan fingerprint density at radius 3 is 2.90 bits per heavy atom. The van der Waals surface area contributed by atoms with E-state index in [0.29, 0.717) is 5.92 Å². The van der Waals surface area contributed by atoms with Gasteiger partial charge in [0.25, 0.3) is 0 Å². The lowest BCUT2D eigenvalue weighted by Crippen LogP contribution is -2.39. The summed E-state index contributed by atoms with van der Waals surface area (Å²) in [5, 5.41) is 4.68. The number of furan rings is 1. The predicted octanol–water partition coefficient (Wildman–Crippen LogP) is 4.52. The molecule has 0 saturated heterocycles. The van der Waals surface area contributed by atoms with Gasteiger partial charge in [0.05, 0.1) is 12.0 Å². The van der Waals surface area contributed by atoms with E-state index in [9.17, 15) is 0 Å². The van der Waals surface area contributed by atoms with E-state index in [4.69, 9.17) is 9.40 Å². The highest BCUT2D eigenvalue weighted by atomic mass is 32.1. The lowest BCUT2D eigenvalue weighted by molar-refractivity contribution is 0.388. The lowest BCUT2D eigenvalue weighted by atomic mass is 9.90. The Morgan fingerprint density at radius 2 is 2.24 bits per heavy atom. The maximum absolute atomic E-state index is 5.61. The topological polar surface area (TPSA) is 38.1 Å². The van der Waals surface area contributed by atoms with E-state index < -0.39 is 0 Å². The van der Waals surface area contributed by atoms with Crippen molar-refractivity contribution in [3.63, 3.8) is 0 Å². The highest BCUT2D eigenvalue weighted by Gasteiger charge is 2.27. The summed E-state index contributed by atoms with van der Waals surface area (Å²) in [6, 6.07) is 2.01. The SMILES string of the molecule is Cc1ccoc1-c1nc2c(s1)CCCC2CNC(C)(C)C. The first-order chi connectivity index (χ1) is 9.94. The van der Waals surface area contributed by atoms with Crippen LogP contribution in [0.3, 0.4) is 0 Å². The van der Waals surface area contributed by atoms with E-state index in [1.54, 1.807) is 6.26 Å². The summed E-state index contributed by atoms with van der Waals surface area (Å²) >= 11 is 1.81. The first-order valence-corrected chi connectivity index (χ1v) is 8.55. The summed E-state index contributed by atoms with van der Waals surface area (Å²) < 4.78 is 5.61. The molecule has 1 N–H and O–H groups in total. The summed E-state index contributed by atoms with van der Waals surface area (Å²) in [5.74, 6) is 1.48. The Hall–Kier alpha value is -1.13. The van der Waals surface area contributed by atoms with Crippen molar-refractivity contribution >= 4 is 11.3 Å². The minimum atomic E-state index is 0.161. The summed E-state index contributed by atoms with van der Waals surface area (Å²) in [7, 11) is 0. The molecule has 2 aromatic rings. The van der Waals surface area contributed by atoms with Crippen LogP contribution in [0, 0.1) is 6.92 Å². The van der Waals surface area contributed by atoms with Crippen LogP contribution in [0.2, 0.25) is 0 Å². The molecule has 0 bridgehead atoms. The Kier molecular flexibility index (Phi) is 3.93. The molecule has 1 aliphatic carbocycles. The monoisotopic (exact) mass is 304 g/mol. The summed E-state index contributed by atoms with van der Waals surface area (Å²) in [5.41, 5.74) is 2.63. The molecule has 1 unspecified atom stereocenters. The quantitative estimate of drug-likeness (QED) is 0.906. The van der Waals surface area contributed by atoms with Crippen LogP contribution in [0.1, 0.15) is 55.7 Å². The van der Waals surface area contributed by atoms with Crippen molar-refractivity contribution < 1.29 is 4.42 Å². The molecule has 3 rings (SSSR count). The van der Waals surface area contributed by atoms with Gasteiger partial charge in [0.1, 0.15) is 0 Å². The van der Waals surface area contributed by atoms with Gasteiger partial charge in [0.2, 0.25) is 0 Å². The van der Waals surface area contributed by atoms with Gasteiger partial charge in [0, 0.05) is 22.9 Å². The van der Waals surface area contributed by atoms with E-state index >= 15 is 0 Å². The van der Waals surface area contributed by atoms with Gasteiger partial charge in [-0.05, 0) is 58.6 Å². The van der Waals surface area contributed by atoms with Crippen LogP contribution in [-0.2, 0) is 6.42 Å². The molecule has 0 radical (unpaired) electrons. The Bertz CT molecular complexity index is 621. The van der Waals surface area contributed by atoms with Crippen LogP contribution in [0.15, 0.2) is 16.7 Å². The van der Waals surface area contributed by atoms with Crippen molar-refractivity contribution in [1.82, 2.24) is 10.3 Å².